The molecule has 0 bridgehead atoms. The zero-order valence-electron chi connectivity index (χ0n) is 24.7. The molecule has 0 spiro atoms. The van der Waals surface area contributed by atoms with E-state index >= 15 is 0 Å². The molecule has 1 saturated heterocycles. The maximum Gasteiger partial charge on any atom is 0.330 e. The molecule has 1 aliphatic heterocycles. The van der Waals surface area contributed by atoms with Crippen molar-refractivity contribution in [2.45, 2.75) is 58.1 Å². The smallest absolute Gasteiger partial charge is 0.330 e. The number of anilines is 1. The summed E-state index contributed by atoms with van der Waals surface area (Å²) in [5, 5.41) is 0. The second-order valence-corrected chi connectivity index (χ2v) is 10.9. The van der Waals surface area contributed by atoms with Crippen molar-refractivity contribution in [2.75, 3.05) is 33.1 Å². The number of benzene rings is 2. The van der Waals surface area contributed by atoms with E-state index < -0.39 is 41.2 Å². The highest BCUT2D eigenvalue weighted by Crippen LogP contribution is 2.32. The number of Topliss-reactive ketones (excluding diaryl/α,β-unsaturated/α-hetero) is 1. The fourth-order valence-corrected chi connectivity index (χ4v) is 4.82. The van der Waals surface area contributed by atoms with Gasteiger partial charge in [0.05, 0.1) is 19.6 Å². The van der Waals surface area contributed by atoms with Gasteiger partial charge in [-0.25, -0.2) is 9.59 Å². The molecule has 1 heterocycles. The zero-order chi connectivity index (χ0) is 30.9. The van der Waals surface area contributed by atoms with E-state index in [1.165, 1.54) is 18.7 Å². The third kappa shape index (κ3) is 8.11. The van der Waals surface area contributed by atoms with Crippen molar-refractivity contribution in [1.82, 2.24) is 4.90 Å². The lowest BCUT2D eigenvalue weighted by molar-refractivity contribution is -0.165. The molecular weight excluding hydrogens is 540 g/mol. The van der Waals surface area contributed by atoms with Crippen LogP contribution < -0.4 is 15.2 Å². The molecule has 1 fully saturated rings. The molecule has 10 nitrogen and oxygen atoms in total. The van der Waals surface area contributed by atoms with Crippen molar-refractivity contribution >= 4 is 29.3 Å². The summed E-state index contributed by atoms with van der Waals surface area (Å²) in [6.07, 6.45) is 3.03. The lowest BCUT2D eigenvalue weighted by atomic mass is 9.87. The number of nitrogens with two attached hydrogens (primary N) is 1. The molecule has 2 aromatic rings. The highest BCUT2D eigenvalue weighted by atomic mass is 16.5. The number of amides is 1. The van der Waals surface area contributed by atoms with Crippen LogP contribution in [0.3, 0.4) is 0 Å². The summed E-state index contributed by atoms with van der Waals surface area (Å²) >= 11 is 0. The predicted octanol–water partition coefficient (Wildman–Crippen LogP) is 4.21. The number of methoxy groups -OCH3 is 2. The van der Waals surface area contributed by atoms with Crippen LogP contribution in [0.25, 0.3) is 0 Å². The van der Waals surface area contributed by atoms with Crippen molar-refractivity contribution in [1.29, 1.82) is 0 Å². The number of carbonyl (C=O) groups is 4. The van der Waals surface area contributed by atoms with Gasteiger partial charge in [-0.2, -0.15) is 0 Å². The molecule has 226 valence electrons. The van der Waals surface area contributed by atoms with Crippen molar-refractivity contribution < 1.29 is 38.1 Å². The maximum absolute atomic E-state index is 13.6. The Kier molecular flexibility index (Phi) is 11.1. The molecule has 2 atom stereocenters. The summed E-state index contributed by atoms with van der Waals surface area (Å²) in [6, 6.07) is 11.8. The van der Waals surface area contributed by atoms with Crippen LogP contribution in [0.1, 0.15) is 56.8 Å². The average Bonchev–Trinajstić information content (AvgIpc) is 3.00. The minimum Gasteiger partial charge on any atom is -0.493 e. The van der Waals surface area contributed by atoms with Gasteiger partial charge in [0, 0.05) is 18.3 Å². The van der Waals surface area contributed by atoms with Gasteiger partial charge in [-0.15, -0.1) is 0 Å². The first kappa shape index (κ1) is 32.2. The van der Waals surface area contributed by atoms with Crippen LogP contribution in [-0.2, 0) is 35.1 Å². The van der Waals surface area contributed by atoms with E-state index in [4.69, 9.17) is 24.7 Å². The number of carbonyl (C=O) groups excluding carboxylic acids is 4. The number of nitrogens with zero attached hydrogens (tertiary/aromatic N) is 1. The van der Waals surface area contributed by atoms with Crippen LogP contribution in [0.4, 0.5) is 5.69 Å². The molecule has 10 heteroatoms. The first-order chi connectivity index (χ1) is 20.0. The Hall–Kier alpha value is -4.34. The highest BCUT2D eigenvalue weighted by molar-refractivity contribution is 6.38. The number of likely N-dealkylation sites (tertiary alicyclic amines) is 1. The molecule has 0 saturated carbocycles. The van der Waals surface area contributed by atoms with Crippen molar-refractivity contribution in [3.05, 3.63) is 66.2 Å². The van der Waals surface area contributed by atoms with E-state index in [1.54, 1.807) is 32.4 Å². The molecule has 0 aliphatic carbocycles. The Morgan fingerprint density at radius 1 is 1.07 bits per heavy atom. The number of aryl methyl sites for hydroxylation is 1. The molecular formula is C32H40N2O8. The number of rotatable bonds is 13. The fraction of sp³-hybridized carbons (Fsp3) is 0.438. The summed E-state index contributed by atoms with van der Waals surface area (Å²) in [5.74, 6) is -1.63. The van der Waals surface area contributed by atoms with E-state index in [1.807, 2.05) is 24.3 Å². The van der Waals surface area contributed by atoms with Gasteiger partial charge >= 0.3 is 11.9 Å². The number of hydrogen-bond acceptors (Lipinski definition) is 9. The second kappa shape index (κ2) is 14.5. The SMILES string of the molecule is C=CC(=O)OCC(C)(C)C(=O)C(=O)N1CCCC[C@H]1C(=O)O[C@H](CCc1ccc(OC)c(OC)c1)c1cccc(N)c1. The van der Waals surface area contributed by atoms with Crippen molar-refractivity contribution in [3.8, 4) is 11.5 Å². The summed E-state index contributed by atoms with van der Waals surface area (Å²) in [7, 11) is 3.13. The molecule has 0 aromatic heterocycles. The number of esters is 2. The maximum atomic E-state index is 13.6. The van der Waals surface area contributed by atoms with Gasteiger partial charge in [-0.05, 0) is 81.3 Å². The first-order valence-electron chi connectivity index (χ1n) is 13.9. The summed E-state index contributed by atoms with van der Waals surface area (Å²) in [6.45, 7) is 6.32. The Morgan fingerprint density at radius 3 is 2.48 bits per heavy atom. The normalized spacial score (nSPS) is 15.7. The topological polar surface area (TPSA) is 134 Å². The number of ketones is 1. The third-order valence-corrected chi connectivity index (χ3v) is 7.27. The summed E-state index contributed by atoms with van der Waals surface area (Å²) < 4.78 is 21.8. The van der Waals surface area contributed by atoms with Gasteiger partial charge in [-0.3, -0.25) is 9.59 Å². The first-order valence-corrected chi connectivity index (χ1v) is 13.9. The van der Waals surface area contributed by atoms with Crippen molar-refractivity contribution in [2.24, 2.45) is 5.41 Å². The van der Waals surface area contributed by atoms with Gasteiger partial charge in [0.2, 0.25) is 5.78 Å². The van der Waals surface area contributed by atoms with Gasteiger partial charge in [-0.1, -0.05) is 24.8 Å². The fourth-order valence-electron chi connectivity index (χ4n) is 4.82. The third-order valence-electron chi connectivity index (χ3n) is 7.27. The van der Waals surface area contributed by atoms with Crippen LogP contribution in [0.15, 0.2) is 55.1 Å². The van der Waals surface area contributed by atoms with E-state index in [-0.39, 0.29) is 13.2 Å². The molecule has 1 aliphatic rings. The lowest BCUT2D eigenvalue weighted by Gasteiger charge is -2.36. The van der Waals surface area contributed by atoms with Gasteiger partial charge in [0.15, 0.2) is 11.5 Å². The van der Waals surface area contributed by atoms with Gasteiger partial charge < -0.3 is 29.6 Å². The Balaban J connectivity index is 1.79. The minimum atomic E-state index is -1.29. The van der Waals surface area contributed by atoms with Crippen LogP contribution in [-0.4, -0.2) is 61.9 Å². The minimum absolute atomic E-state index is 0.238. The van der Waals surface area contributed by atoms with Crippen LogP contribution >= 0.6 is 0 Å². The van der Waals surface area contributed by atoms with E-state index in [0.29, 0.717) is 49.3 Å². The van der Waals surface area contributed by atoms with Crippen LogP contribution in [0, 0.1) is 5.41 Å². The van der Waals surface area contributed by atoms with E-state index in [9.17, 15) is 19.2 Å². The number of nitrogen functional groups attached to an aromatic ring is 1. The molecule has 0 radical (unpaired) electrons. The van der Waals surface area contributed by atoms with Crippen molar-refractivity contribution in [3.63, 3.8) is 0 Å². The predicted molar refractivity (Wildman–Crippen MR) is 157 cm³/mol. The summed E-state index contributed by atoms with van der Waals surface area (Å²) in [4.78, 5) is 53.0. The Morgan fingerprint density at radius 2 is 1.81 bits per heavy atom. The van der Waals surface area contributed by atoms with Crippen LogP contribution in [0.2, 0.25) is 0 Å². The van der Waals surface area contributed by atoms with Gasteiger partial charge in [0.25, 0.3) is 5.91 Å². The zero-order valence-corrected chi connectivity index (χ0v) is 24.7. The average molecular weight is 581 g/mol. The molecule has 2 N–H and O–H groups in total. The largest absolute Gasteiger partial charge is 0.493 e. The van der Waals surface area contributed by atoms with Gasteiger partial charge in [0.1, 0.15) is 18.8 Å². The molecule has 1 amide bonds. The molecule has 2 aromatic carbocycles. The monoisotopic (exact) mass is 580 g/mol. The van der Waals surface area contributed by atoms with E-state index in [0.717, 1.165) is 17.2 Å². The molecule has 3 rings (SSSR count). The summed E-state index contributed by atoms with van der Waals surface area (Å²) in [5.41, 5.74) is 6.95. The number of ether oxygens (including phenoxy) is 4. The second-order valence-electron chi connectivity index (χ2n) is 10.9. The standard InChI is InChI=1S/C32H40N2O8/c1-6-28(35)41-20-32(2,3)29(36)30(37)34-17-8-7-12-24(34)31(38)42-25(22-10-9-11-23(33)19-22)15-13-21-14-16-26(39-4)27(18-21)40-5/h6,9-11,14,16,18-19,24-25H,1,7-8,12-13,15,17,20,33H2,2-5H3/t24-,25+/m0/s1. The lowest BCUT2D eigenvalue weighted by Crippen LogP contribution is -2.53. The Bertz CT molecular complexity index is 1310. The number of piperidine rings is 1. The molecule has 42 heavy (non-hydrogen) atoms. The van der Waals surface area contributed by atoms with E-state index in [2.05, 4.69) is 6.58 Å². The highest BCUT2D eigenvalue weighted by Gasteiger charge is 2.42. The molecule has 0 unspecified atom stereocenters. The Labute approximate surface area is 246 Å². The van der Waals surface area contributed by atoms with Crippen LogP contribution in [0.5, 0.6) is 11.5 Å². The quantitative estimate of drug-likeness (QED) is 0.160. The number of hydrogen-bond donors (Lipinski definition) is 1.